The Balaban J connectivity index is 2.51. The van der Waals surface area contributed by atoms with E-state index in [1.807, 2.05) is 6.07 Å². The van der Waals surface area contributed by atoms with Crippen molar-refractivity contribution in [1.29, 1.82) is 0 Å². The van der Waals surface area contributed by atoms with Crippen LogP contribution in [0.25, 0.3) is 0 Å². The Morgan fingerprint density at radius 3 is 3.07 bits per heavy atom. The van der Waals surface area contributed by atoms with Crippen LogP contribution in [0.1, 0.15) is 11.1 Å². The molecule has 3 nitrogen and oxygen atoms in total. The second-order valence-corrected chi connectivity index (χ2v) is 4.29. The molecule has 0 radical (unpaired) electrons. The molecule has 2 N–H and O–H groups in total. The molecule has 0 fully saturated rings. The number of benzene rings is 1. The molecule has 1 aromatic rings. The molecule has 2 rings (SSSR count). The molecule has 82 valence electrons. The highest BCUT2D eigenvalue weighted by Gasteiger charge is 2.21. The SMILES string of the molecule is COc1c(CCN)cc2c(c1Br)CCO2. The molecular weight excluding hydrogens is 258 g/mol. The van der Waals surface area contributed by atoms with Crippen molar-refractivity contribution in [3.05, 3.63) is 21.7 Å². The molecule has 0 amide bonds. The van der Waals surface area contributed by atoms with Crippen molar-refractivity contribution < 1.29 is 9.47 Å². The van der Waals surface area contributed by atoms with E-state index in [2.05, 4.69) is 15.9 Å². The van der Waals surface area contributed by atoms with Crippen LogP contribution in [0.2, 0.25) is 0 Å². The zero-order valence-electron chi connectivity index (χ0n) is 8.68. The van der Waals surface area contributed by atoms with Gasteiger partial charge < -0.3 is 15.2 Å². The smallest absolute Gasteiger partial charge is 0.136 e. The van der Waals surface area contributed by atoms with Gasteiger partial charge in [-0.1, -0.05) is 0 Å². The molecule has 1 aromatic carbocycles. The fourth-order valence-electron chi connectivity index (χ4n) is 1.88. The summed E-state index contributed by atoms with van der Waals surface area (Å²) in [6.45, 7) is 1.37. The van der Waals surface area contributed by atoms with Crippen LogP contribution < -0.4 is 15.2 Å². The molecule has 0 atom stereocenters. The highest BCUT2D eigenvalue weighted by molar-refractivity contribution is 9.10. The fraction of sp³-hybridized carbons (Fsp3) is 0.455. The van der Waals surface area contributed by atoms with Gasteiger partial charge in [0.15, 0.2) is 0 Å². The summed E-state index contributed by atoms with van der Waals surface area (Å²) in [5.74, 6) is 1.86. The number of fused-ring (bicyclic) bond motifs is 1. The van der Waals surface area contributed by atoms with Gasteiger partial charge >= 0.3 is 0 Å². The zero-order valence-corrected chi connectivity index (χ0v) is 10.3. The molecule has 0 aromatic heterocycles. The first-order chi connectivity index (χ1) is 7.27. The van der Waals surface area contributed by atoms with E-state index in [0.29, 0.717) is 6.54 Å². The van der Waals surface area contributed by atoms with E-state index in [1.165, 1.54) is 5.56 Å². The first kappa shape index (κ1) is 10.8. The predicted molar refractivity (Wildman–Crippen MR) is 62.7 cm³/mol. The van der Waals surface area contributed by atoms with Crippen molar-refractivity contribution in [1.82, 2.24) is 0 Å². The Kier molecular flexibility index (Phi) is 3.17. The molecule has 0 saturated heterocycles. The quantitative estimate of drug-likeness (QED) is 0.913. The van der Waals surface area contributed by atoms with Crippen molar-refractivity contribution in [3.8, 4) is 11.5 Å². The number of methoxy groups -OCH3 is 1. The second kappa shape index (κ2) is 4.41. The fourth-order valence-corrected chi connectivity index (χ4v) is 2.69. The van der Waals surface area contributed by atoms with Crippen molar-refractivity contribution >= 4 is 15.9 Å². The summed E-state index contributed by atoms with van der Waals surface area (Å²) in [7, 11) is 1.68. The minimum Gasteiger partial charge on any atom is -0.495 e. The van der Waals surface area contributed by atoms with Crippen LogP contribution in [0.15, 0.2) is 10.5 Å². The molecule has 4 heteroatoms. The molecule has 0 saturated carbocycles. The van der Waals surface area contributed by atoms with Gasteiger partial charge in [-0.05, 0) is 35.0 Å². The number of hydrogen-bond donors (Lipinski definition) is 1. The molecule has 0 bridgehead atoms. The molecule has 1 heterocycles. The van der Waals surface area contributed by atoms with Gasteiger partial charge in [0.25, 0.3) is 0 Å². The van der Waals surface area contributed by atoms with Crippen LogP contribution in [0.3, 0.4) is 0 Å². The van der Waals surface area contributed by atoms with Gasteiger partial charge in [0.2, 0.25) is 0 Å². The number of rotatable bonds is 3. The molecule has 1 aliphatic heterocycles. The third-order valence-electron chi connectivity index (χ3n) is 2.59. The Bertz CT molecular complexity index is 379. The largest absolute Gasteiger partial charge is 0.495 e. The monoisotopic (exact) mass is 271 g/mol. The van der Waals surface area contributed by atoms with E-state index >= 15 is 0 Å². The van der Waals surface area contributed by atoms with E-state index in [4.69, 9.17) is 15.2 Å². The van der Waals surface area contributed by atoms with E-state index in [0.717, 1.165) is 41.0 Å². The molecular formula is C11H14BrNO2. The van der Waals surface area contributed by atoms with Crippen LogP contribution in [-0.4, -0.2) is 20.3 Å². The molecule has 15 heavy (non-hydrogen) atoms. The van der Waals surface area contributed by atoms with Crippen LogP contribution in [0, 0.1) is 0 Å². The summed E-state index contributed by atoms with van der Waals surface area (Å²) in [6.07, 6.45) is 1.74. The van der Waals surface area contributed by atoms with Crippen molar-refractivity contribution in [3.63, 3.8) is 0 Å². The van der Waals surface area contributed by atoms with Gasteiger partial charge in [-0.15, -0.1) is 0 Å². The zero-order chi connectivity index (χ0) is 10.8. The van der Waals surface area contributed by atoms with Crippen molar-refractivity contribution in [2.24, 2.45) is 5.73 Å². The first-order valence-electron chi connectivity index (χ1n) is 4.99. The summed E-state index contributed by atoms with van der Waals surface area (Å²) in [5.41, 5.74) is 7.87. The number of ether oxygens (including phenoxy) is 2. The average molecular weight is 272 g/mol. The Morgan fingerprint density at radius 1 is 1.60 bits per heavy atom. The number of hydrogen-bond acceptors (Lipinski definition) is 3. The summed E-state index contributed by atoms with van der Waals surface area (Å²) in [5, 5.41) is 0. The standard InChI is InChI=1S/C11H14BrNO2/c1-14-11-7(2-4-13)6-9-8(10(11)12)3-5-15-9/h6H,2-5,13H2,1H3. The van der Waals surface area contributed by atoms with E-state index in [-0.39, 0.29) is 0 Å². The van der Waals surface area contributed by atoms with Crippen LogP contribution >= 0.6 is 15.9 Å². The highest BCUT2D eigenvalue weighted by atomic mass is 79.9. The predicted octanol–water partition coefficient (Wildman–Crippen LogP) is 1.89. The van der Waals surface area contributed by atoms with E-state index in [9.17, 15) is 0 Å². The first-order valence-corrected chi connectivity index (χ1v) is 5.78. The van der Waals surface area contributed by atoms with Gasteiger partial charge in [0, 0.05) is 17.5 Å². The van der Waals surface area contributed by atoms with Crippen molar-refractivity contribution in [2.45, 2.75) is 12.8 Å². The molecule has 0 aliphatic carbocycles. The second-order valence-electron chi connectivity index (χ2n) is 3.50. The maximum Gasteiger partial charge on any atom is 0.136 e. The van der Waals surface area contributed by atoms with Crippen LogP contribution in [0.4, 0.5) is 0 Å². The van der Waals surface area contributed by atoms with Gasteiger partial charge in [-0.2, -0.15) is 0 Å². The van der Waals surface area contributed by atoms with Gasteiger partial charge in [-0.25, -0.2) is 0 Å². The van der Waals surface area contributed by atoms with E-state index in [1.54, 1.807) is 7.11 Å². The van der Waals surface area contributed by atoms with Crippen molar-refractivity contribution in [2.75, 3.05) is 20.3 Å². The third-order valence-corrected chi connectivity index (χ3v) is 3.42. The molecule has 1 aliphatic rings. The highest BCUT2D eigenvalue weighted by Crippen LogP contribution is 2.41. The third kappa shape index (κ3) is 1.84. The summed E-state index contributed by atoms with van der Waals surface area (Å²) in [4.78, 5) is 0. The Hall–Kier alpha value is -0.740. The van der Waals surface area contributed by atoms with Gasteiger partial charge in [-0.3, -0.25) is 0 Å². The van der Waals surface area contributed by atoms with Crippen LogP contribution in [-0.2, 0) is 12.8 Å². The minimum absolute atomic E-state index is 0.613. The lowest BCUT2D eigenvalue weighted by atomic mass is 10.1. The lowest BCUT2D eigenvalue weighted by Crippen LogP contribution is -2.05. The lowest BCUT2D eigenvalue weighted by molar-refractivity contribution is 0.356. The van der Waals surface area contributed by atoms with Gasteiger partial charge in [0.05, 0.1) is 18.2 Å². The molecule has 0 unspecified atom stereocenters. The average Bonchev–Trinajstić information content (AvgIpc) is 2.67. The summed E-state index contributed by atoms with van der Waals surface area (Å²) in [6, 6.07) is 2.04. The topological polar surface area (TPSA) is 44.5 Å². The Labute approximate surface area is 97.7 Å². The summed E-state index contributed by atoms with van der Waals surface area (Å²) < 4.78 is 12.0. The Morgan fingerprint density at radius 2 is 2.40 bits per heavy atom. The van der Waals surface area contributed by atoms with Crippen LogP contribution in [0.5, 0.6) is 11.5 Å². The lowest BCUT2D eigenvalue weighted by Gasteiger charge is -2.13. The maximum atomic E-state index is 5.57. The maximum absolute atomic E-state index is 5.57. The minimum atomic E-state index is 0.613. The van der Waals surface area contributed by atoms with E-state index < -0.39 is 0 Å². The molecule has 0 spiro atoms. The number of nitrogens with two attached hydrogens (primary N) is 1. The van der Waals surface area contributed by atoms with Gasteiger partial charge in [0.1, 0.15) is 11.5 Å². The number of halogens is 1. The summed E-state index contributed by atoms with van der Waals surface area (Å²) >= 11 is 3.57. The normalized spacial score (nSPS) is 13.5.